The second-order valence-electron chi connectivity index (χ2n) is 5.23. The Hall–Kier alpha value is -3.32. The Bertz CT molecular complexity index is 978. The number of anilines is 1. The number of hydrogen-bond acceptors (Lipinski definition) is 5. The van der Waals surface area contributed by atoms with Crippen molar-refractivity contribution >= 4 is 22.9 Å². The molecular weight excluding hydrogens is 334 g/mol. The third-order valence-corrected chi connectivity index (χ3v) is 4.42. The van der Waals surface area contributed by atoms with Gasteiger partial charge in [-0.15, -0.1) is 11.3 Å². The van der Waals surface area contributed by atoms with Crippen LogP contribution in [0.3, 0.4) is 0 Å². The summed E-state index contributed by atoms with van der Waals surface area (Å²) in [5.41, 5.74) is 2.00. The van der Waals surface area contributed by atoms with Crippen LogP contribution in [0.25, 0.3) is 16.4 Å². The number of nitrogens with zero attached hydrogens (tertiary/aromatic N) is 4. The molecule has 0 fully saturated rings. The van der Waals surface area contributed by atoms with E-state index >= 15 is 0 Å². The van der Waals surface area contributed by atoms with Gasteiger partial charge in [-0.3, -0.25) is 9.36 Å². The van der Waals surface area contributed by atoms with E-state index in [1.807, 2.05) is 36.4 Å². The zero-order valence-electron chi connectivity index (χ0n) is 13.0. The number of amides is 1. The van der Waals surface area contributed by atoms with E-state index < -0.39 is 0 Å². The number of benzene rings is 1. The van der Waals surface area contributed by atoms with Crippen LogP contribution in [0.15, 0.2) is 72.8 Å². The van der Waals surface area contributed by atoms with Crippen molar-refractivity contribution in [1.29, 1.82) is 0 Å². The third kappa shape index (κ3) is 3.31. The van der Waals surface area contributed by atoms with E-state index in [-0.39, 0.29) is 5.91 Å². The molecule has 4 aromatic rings. The van der Waals surface area contributed by atoms with Gasteiger partial charge in [-0.05, 0) is 12.1 Å². The van der Waals surface area contributed by atoms with E-state index in [1.165, 1.54) is 11.3 Å². The molecule has 4 rings (SSSR count). The Morgan fingerprint density at radius 2 is 2.00 bits per heavy atom. The molecule has 25 heavy (non-hydrogen) atoms. The van der Waals surface area contributed by atoms with Crippen LogP contribution in [0.1, 0.15) is 10.5 Å². The summed E-state index contributed by atoms with van der Waals surface area (Å²) in [6.07, 6.45) is 6.77. The average molecular weight is 347 g/mol. The van der Waals surface area contributed by atoms with Crippen LogP contribution in [0, 0.1) is 0 Å². The molecule has 0 aliphatic rings. The minimum atomic E-state index is -0.254. The Morgan fingerprint density at radius 3 is 2.72 bits per heavy atom. The van der Waals surface area contributed by atoms with E-state index in [4.69, 9.17) is 0 Å². The summed E-state index contributed by atoms with van der Waals surface area (Å²) in [7, 11) is 0. The number of nitrogens with one attached hydrogen (secondary N) is 1. The van der Waals surface area contributed by atoms with Gasteiger partial charge in [-0.25, -0.2) is 15.0 Å². The second-order valence-corrected chi connectivity index (χ2v) is 6.09. The summed E-state index contributed by atoms with van der Waals surface area (Å²) in [5, 5.41) is 5.39. The number of imidazole rings is 1. The lowest BCUT2D eigenvalue weighted by Gasteiger charge is -2.05. The van der Waals surface area contributed by atoms with Crippen molar-refractivity contribution in [3.8, 4) is 16.4 Å². The average Bonchev–Trinajstić information content (AvgIpc) is 3.35. The van der Waals surface area contributed by atoms with Crippen molar-refractivity contribution in [2.75, 3.05) is 5.32 Å². The molecule has 7 heteroatoms. The van der Waals surface area contributed by atoms with Crippen LogP contribution in [0.4, 0.5) is 5.69 Å². The molecule has 0 spiro atoms. The molecule has 0 bridgehead atoms. The molecule has 0 unspecified atom stereocenters. The number of carbonyl (C=O) groups excluding carboxylic acids is 1. The number of rotatable bonds is 4. The third-order valence-electron chi connectivity index (χ3n) is 3.53. The Morgan fingerprint density at radius 1 is 1.12 bits per heavy atom. The first-order chi connectivity index (χ1) is 12.3. The minimum absolute atomic E-state index is 0.254. The lowest BCUT2D eigenvalue weighted by Crippen LogP contribution is -2.12. The molecule has 0 atom stereocenters. The lowest BCUT2D eigenvalue weighted by molar-refractivity contribution is 0.102. The number of carbonyl (C=O) groups is 1. The first kappa shape index (κ1) is 15.2. The van der Waals surface area contributed by atoms with Crippen molar-refractivity contribution < 1.29 is 4.79 Å². The molecule has 1 amide bonds. The van der Waals surface area contributed by atoms with E-state index in [0.29, 0.717) is 11.4 Å². The summed E-state index contributed by atoms with van der Waals surface area (Å²) in [5.74, 6) is 0.478. The van der Waals surface area contributed by atoms with Gasteiger partial charge in [0.15, 0.2) is 0 Å². The maximum absolute atomic E-state index is 12.4. The highest BCUT2D eigenvalue weighted by atomic mass is 32.1. The van der Waals surface area contributed by atoms with Gasteiger partial charge >= 0.3 is 0 Å². The minimum Gasteiger partial charge on any atom is -0.319 e. The number of thiazole rings is 1. The largest absolute Gasteiger partial charge is 0.319 e. The Labute approximate surface area is 147 Å². The number of hydrogen-bond donors (Lipinski definition) is 1. The number of aromatic nitrogens is 4. The van der Waals surface area contributed by atoms with Crippen LogP contribution >= 0.6 is 11.3 Å². The molecule has 0 saturated carbocycles. The summed E-state index contributed by atoms with van der Waals surface area (Å²) in [6, 6.07) is 13.4. The zero-order valence-corrected chi connectivity index (χ0v) is 13.9. The zero-order chi connectivity index (χ0) is 17.1. The smallest absolute Gasteiger partial charge is 0.275 e. The van der Waals surface area contributed by atoms with Crippen molar-refractivity contribution in [2.45, 2.75) is 0 Å². The Balaban J connectivity index is 1.48. The lowest BCUT2D eigenvalue weighted by atomic mass is 10.2. The second kappa shape index (κ2) is 6.66. The van der Waals surface area contributed by atoms with Gasteiger partial charge in [0.05, 0.1) is 11.9 Å². The topological polar surface area (TPSA) is 72.7 Å². The molecule has 3 aromatic heterocycles. The van der Waals surface area contributed by atoms with E-state index in [9.17, 15) is 4.79 Å². The maximum Gasteiger partial charge on any atom is 0.275 e. The van der Waals surface area contributed by atoms with Crippen molar-refractivity contribution in [1.82, 2.24) is 19.5 Å². The van der Waals surface area contributed by atoms with Gasteiger partial charge in [0.2, 0.25) is 0 Å². The van der Waals surface area contributed by atoms with E-state index in [1.54, 1.807) is 40.9 Å². The molecular formula is C18H13N5OS. The molecule has 0 aliphatic carbocycles. The first-order valence-corrected chi connectivity index (χ1v) is 8.44. The molecule has 122 valence electrons. The van der Waals surface area contributed by atoms with Gasteiger partial charge in [0, 0.05) is 23.3 Å². The molecule has 0 aliphatic heterocycles. The monoisotopic (exact) mass is 347 g/mol. The molecule has 1 N–H and O–H groups in total. The molecule has 1 aromatic carbocycles. The summed E-state index contributed by atoms with van der Waals surface area (Å²) in [4.78, 5) is 25.1. The quantitative estimate of drug-likeness (QED) is 0.612. The molecule has 0 radical (unpaired) electrons. The highest BCUT2D eigenvalue weighted by Crippen LogP contribution is 2.23. The van der Waals surface area contributed by atoms with Gasteiger partial charge < -0.3 is 5.32 Å². The van der Waals surface area contributed by atoms with E-state index in [2.05, 4.69) is 20.3 Å². The molecule has 6 nitrogen and oxygen atoms in total. The fourth-order valence-electron chi connectivity index (χ4n) is 2.29. The highest BCUT2D eigenvalue weighted by molar-refractivity contribution is 7.13. The summed E-state index contributed by atoms with van der Waals surface area (Å²) < 4.78 is 1.79. The van der Waals surface area contributed by atoms with Gasteiger partial charge in [-0.2, -0.15) is 0 Å². The summed E-state index contributed by atoms with van der Waals surface area (Å²) >= 11 is 1.44. The molecule has 3 heterocycles. The predicted octanol–water partition coefficient (Wildman–Crippen LogP) is 3.64. The van der Waals surface area contributed by atoms with Gasteiger partial charge in [0.1, 0.15) is 22.8 Å². The van der Waals surface area contributed by atoms with Gasteiger partial charge in [0.25, 0.3) is 5.91 Å². The standard InChI is InChI=1S/C18H13N5OS/c24-17(15-11-25-18(22-15)13-4-2-1-3-5-13)21-14-6-7-16(20-10-14)23-9-8-19-12-23/h1-12H,(H,21,24). The van der Waals surface area contributed by atoms with Gasteiger partial charge in [-0.1, -0.05) is 30.3 Å². The summed E-state index contributed by atoms with van der Waals surface area (Å²) in [6.45, 7) is 0. The van der Waals surface area contributed by atoms with Crippen LogP contribution in [0.2, 0.25) is 0 Å². The fraction of sp³-hybridized carbons (Fsp3) is 0. The van der Waals surface area contributed by atoms with Crippen molar-refractivity contribution in [3.05, 3.63) is 78.5 Å². The molecule has 0 saturated heterocycles. The Kier molecular flexibility index (Phi) is 4.05. The maximum atomic E-state index is 12.4. The van der Waals surface area contributed by atoms with Crippen LogP contribution in [0.5, 0.6) is 0 Å². The van der Waals surface area contributed by atoms with Crippen LogP contribution < -0.4 is 5.32 Å². The van der Waals surface area contributed by atoms with Crippen molar-refractivity contribution in [3.63, 3.8) is 0 Å². The SMILES string of the molecule is O=C(Nc1ccc(-n2ccnc2)nc1)c1csc(-c2ccccc2)n1. The normalized spacial score (nSPS) is 10.6. The predicted molar refractivity (Wildman–Crippen MR) is 96.9 cm³/mol. The van der Waals surface area contributed by atoms with Crippen molar-refractivity contribution in [2.24, 2.45) is 0 Å². The van der Waals surface area contributed by atoms with Crippen LogP contribution in [-0.4, -0.2) is 25.4 Å². The van der Waals surface area contributed by atoms with E-state index in [0.717, 1.165) is 16.4 Å². The van der Waals surface area contributed by atoms with Crippen LogP contribution in [-0.2, 0) is 0 Å². The number of pyridine rings is 1. The highest BCUT2D eigenvalue weighted by Gasteiger charge is 2.12. The first-order valence-electron chi connectivity index (χ1n) is 7.56. The fourth-order valence-corrected chi connectivity index (χ4v) is 3.10.